The van der Waals surface area contributed by atoms with Gasteiger partial charge >= 0.3 is 6.03 Å². The molecule has 0 radical (unpaired) electrons. The van der Waals surface area contributed by atoms with Crippen LogP contribution in [0.4, 0.5) is 4.79 Å². The number of amides is 3. The molecular formula is C20H29N5O2. The van der Waals surface area contributed by atoms with Gasteiger partial charge in [0.25, 0.3) is 0 Å². The number of carbonyl (C=O) groups is 2. The topological polar surface area (TPSA) is 98.9 Å². The number of carbonyl (C=O) groups excluding carboxylic acids is 2. The fourth-order valence-corrected chi connectivity index (χ4v) is 3.62. The molecule has 1 saturated carbocycles. The van der Waals surface area contributed by atoms with Crippen LogP contribution in [-0.4, -0.2) is 34.0 Å². The van der Waals surface area contributed by atoms with Crippen molar-refractivity contribution in [2.45, 2.75) is 65.1 Å². The van der Waals surface area contributed by atoms with Crippen molar-refractivity contribution in [1.82, 2.24) is 25.9 Å². The van der Waals surface area contributed by atoms with Crippen LogP contribution in [0.25, 0.3) is 11.0 Å². The van der Waals surface area contributed by atoms with Crippen molar-refractivity contribution in [2.24, 2.45) is 5.92 Å². The first-order chi connectivity index (χ1) is 12.9. The molecule has 0 bridgehead atoms. The van der Waals surface area contributed by atoms with E-state index in [0.29, 0.717) is 13.0 Å². The highest BCUT2D eigenvalue weighted by Gasteiger charge is 2.28. The van der Waals surface area contributed by atoms with Crippen molar-refractivity contribution in [2.75, 3.05) is 0 Å². The minimum absolute atomic E-state index is 0.0231. The molecule has 1 aromatic heterocycles. The molecule has 7 nitrogen and oxygen atoms in total. The molecule has 4 N–H and O–H groups in total. The first-order valence-corrected chi connectivity index (χ1v) is 9.70. The molecule has 146 valence electrons. The zero-order valence-electron chi connectivity index (χ0n) is 16.3. The molecule has 2 atom stereocenters. The van der Waals surface area contributed by atoms with E-state index in [-0.39, 0.29) is 29.9 Å². The molecule has 1 aromatic carbocycles. The highest BCUT2D eigenvalue weighted by Crippen LogP contribution is 2.24. The molecular weight excluding hydrogens is 342 g/mol. The standard InChI is InChI=1S/C20H29N5O2/c1-12(2)22-19(26)14-5-4-6-15(10-14)23-20(27)21-11-18-24-16-8-7-13(3)9-17(16)25-18/h7-9,12,14-15H,4-6,10-11H2,1-3H3,(H,22,26)(H,24,25)(H2,21,23,27)/t14-,15+/m1/s1. The Kier molecular flexibility index (Phi) is 5.98. The van der Waals surface area contributed by atoms with Crippen LogP contribution in [0.1, 0.15) is 50.9 Å². The molecule has 27 heavy (non-hydrogen) atoms. The SMILES string of the molecule is Cc1ccc2nc(CNC(=O)N[C@H]3CCC[C@@H](C(=O)NC(C)C)C3)[nH]c2c1. The van der Waals surface area contributed by atoms with E-state index in [2.05, 4.69) is 25.9 Å². The van der Waals surface area contributed by atoms with Crippen molar-refractivity contribution in [1.29, 1.82) is 0 Å². The van der Waals surface area contributed by atoms with Crippen LogP contribution in [0.5, 0.6) is 0 Å². The Bertz CT molecular complexity index is 814. The third-order valence-corrected chi connectivity index (χ3v) is 4.91. The number of benzene rings is 1. The first-order valence-electron chi connectivity index (χ1n) is 9.70. The summed E-state index contributed by atoms with van der Waals surface area (Å²) < 4.78 is 0. The lowest BCUT2D eigenvalue weighted by Gasteiger charge is -2.29. The van der Waals surface area contributed by atoms with Gasteiger partial charge in [-0.05, 0) is 57.7 Å². The average Bonchev–Trinajstić information content (AvgIpc) is 3.01. The summed E-state index contributed by atoms with van der Waals surface area (Å²) in [5.74, 6) is 0.795. The first kappa shape index (κ1) is 19.2. The van der Waals surface area contributed by atoms with Gasteiger partial charge in [0.05, 0.1) is 17.6 Å². The average molecular weight is 371 g/mol. The summed E-state index contributed by atoms with van der Waals surface area (Å²) in [6.45, 7) is 6.29. The summed E-state index contributed by atoms with van der Waals surface area (Å²) in [6, 6.07) is 5.97. The highest BCUT2D eigenvalue weighted by molar-refractivity contribution is 5.79. The van der Waals surface area contributed by atoms with E-state index in [1.807, 2.05) is 39.0 Å². The second-order valence-electron chi connectivity index (χ2n) is 7.75. The van der Waals surface area contributed by atoms with Crippen LogP contribution in [0.2, 0.25) is 0 Å². The lowest BCUT2D eigenvalue weighted by Crippen LogP contribution is -2.46. The minimum Gasteiger partial charge on any atom is -0.354 e. The van der Waals surface area contributed by atoms with Crippen LogP contribution < -0.4 is 16.0 Å². The molecule has 0 aliphatic heterocycles. The van der Waals surface area contributed by atoms with E-state index in [9.17, 15) is 9.59 Å². The Balaban J connectivity index is 1.48. The summed E-state index contributed by atoms with van der Waals surface area (Å²) in [4.78, 5) is 32.2. The van der Waals surface area contributed by atoms with E-state index in [4.69, 9.17) is 0 Å². The second kappa shape index (κ2) is 8.41. The number of hydrogen-bond acceptors (Lipinski definition) is 3. The largest absolute Gasteiger partial charge is 0.354 e. The van der Waals surface area contributed by atoms with Gasteiger partial charge in [0.15, 0.2) is 0 Å². The lowest BCUT2D eigenvalue weighted by atomic mass is 9.85. The van der Waals surface area contributed by atoms with E-state index in [1.165, 1.54) is 0 Å². The van der Waals surface area contributed by atoms with Crippen LogP contribution in [0.3, 0.4) is 0 Å². The summed E-state index contributed by atoms with van der Waals surface area (Å²) in [5, 5.41) is 8.82. The summed E-state index contributed by atoms with van der Waals surface area (Å²) in [6.07, 6.45) is 3.43. The van der Waals surface area contributed by atoms with Gasteiger partial charge in [-0.25, -0.2) is 9.78 Å². The maximum Gasteiger partial charge on any atom is 0.315 e. The fourth-order valence-electron chi connectivity index (χ4n) is 3.62. The highest BCUT2D eigenvalue weighted by atomic mass is 16.2. The van der Waals surface area contributed by atoms with Crippen molar-refractivity contribution in [3.8, 4) is 0 Å². The number of nitrogens with zero attached hydrogens (tertiary/aromatic N) is 1. The number of nitrogens with one attached hydrogen (secondary N) is 4. The zero-order chi connectivity index (χ0) is 19.4. The predicted octanol–water partition coefficient (Wildman–Crippen LogP) is 2.75. The minimum atomic E-state index is -0.221. The Morgan fingerprint density at radius 3 is 2.89 bits per heavy atom. The monoisotopic (exact) mass is 371 g/mol. The van der Waals surface area contributed by atoms with Crippen LogP contribution in [0, 0.1) is 12.8 Å². The Hall–Kier alpha value is -2.57. The molecule has 0 spiro atoms. The Morgan fingerprint density at radius 2 is 2.11 bits per heavy atom. The van der Waals surface area contributed by atoms with E-state index >= 15 is 0 Å². The number of fused-ring (bicyclic) bond motifs is 1. The quantitative estimate of drug-likeness (QED) is 0.650. The summed E-state index contributed by atoms with van der Waals surface area (Å²) in [7, 11) is 0. The molecule has 2 aromatic rings. The van der Waals surface area contributed by atoms with Crippen molar-refractivity contribution in [3.05, 3.63) is 29.6 Å². The third-order valence-electron chi connectivity index (χ3n) is 4.91. The molecule has 0 unspecified atom stereocenters. The number of urea groups is 1. The summed E-state index contributed by atoms with van der Waals surface area (Å²) in [5.41, 5.74) is 3.03. The van der Waals surface area contributed by atoms with Crippen LogP contribution in [0.15, 0.2) is 18.2 Å². The van der Waals surface area contributed by atoms with Crippen LogP contribution >= 0.6 is 0 Å². The fraction of sp³-hybridized carbons (Fsp3) is 0.550. The van der Waals surface area contributed by atoms with Gasteiger partial charge in [-0.2, -0.15) is 0 Å². The molecule has 0 saturated heterocycles. The number of hydrogen-bond donors (Lipinski definition) is 4. The zero-order valence-corrected chi connectivity index (χ0v) is 16.3. The van der Waals surface area contributed by atoms with E-state index < -0.39 is 0 Å². The van der Waals surface area contributed by atoms with Gasteiger partial charge in [-0.1, -0.05) is 12.5 Å². The smallest absolute Gasteiger partial charge is 0.315 e. The summed E-state index contributed by atoms with van der Waals surface area (Å²) >= 11 is 0. The molecule has 1 aliphatic rings. The van der Waals surface area contributed by atoms with Crippen molar-refractivity contribution >= 4 is 23.0 Å². The second-order valence-corrected chi connectivity index (χ2v) is 7.75. The lowest BCUT2D eigenvalue weighted by molar-refractivity contribution is -0.126. The Labute approximate surface area is 159 Å². The third kappa shape index (κ3) is 5.21. The number of H-pyrrole nitrogens is 1. The normalized spacial score (nSPS) is 19.9. The van der Waals surface area contributed by atoms with Gasteiger partial charge < -0.3 is 20.9 Å². The molecule has 3 amide bonds. The van der Waals surface area contributed by atoms with Crippen molar-refractivity contribution in [3.63, 3.8) is 0 Å². The van der Waals surface area contributed by atoms with Gasteiger partial charge in [-0.3, -0.25) is 4.79 Å². The Morgan fingerprint density at radius 1 is 1.30 bits per heavy atom. The number of imidazole rings is 1. The predicted molar refractivity (Wildman–Crippen MR) is 105 cm³/mol. The number of aromatic amines is 1. The van der Waals surface area contributed by atoms with Crippen molar-refractivity contribution < 1.29 is 9.59 Å². The molecule has 7 heteroatoms. The molecule has 1 aliphatic carbocycles. The molecule has 1 heterocycles. The van der Waals surface area contributed by atoms with E-state index in [1.54, 1.807) is 0 Å². The van der Waals surface area contributed by atoms with Gasteiger partial charge in [0.1, 0.15) is 5.82 Å². The maximum atomic E-state index is 12.2. The number of aromatic nitrogens is 2. The van der Waals surface area contributed by atoms with Gasteiger partial charge in [-0.15, -0.1) is 0 Å². The van der Waals surface area contributed by atoms with Crippen LogP contribution in [-0.2, 0) is 11.3 Å². The van der Waals surface area contributed by atoms with E-state index in [0.717, 1.165) is 41.7 Å². The number of rotatable bonds is 5. The number of aryl methyl sites for hydroxylation is 1. The van der Waals surface area contributed by atoms with Gasteiger partial charge in [0, 0.05) is 18.0 Å². The maximum absolute atomic E-state index is 12.2. The molecule has 1 fully saturated rings. The molecule has 3 rings (SSSR count). The van der Waals surface area contributed by atoms with Gasteiger partial charge in [0.2, 0.25) is 5.91 Å².